The zero-order chi connectivity index (χ0) is 56.9. The first-order valence-electron chi connectivity index (χ1n) is 26.0. The van der Waals surface area contributed by atoms with Crippen LogP contribution in [-0.4, -0.2) is 0 Å². The van der Waals surface area contributed by atoms with E-state index in [1.807, 2.05) is 81.7 Å². The van der Waals surface area contributed by atoms with Crippen molar-refractivity contribution >= 4 is 112 Å². The van der Waals surface area contributed by atoms with Crippen molar-refractivity contribution in [2.45, 2.75) is 179 Å². The van der Waals surface area contributed by atoms with Crippen LogP contribution in [0.1, 0.15) is 215 Å². The zero-order valence-corrected chi connectivity index (χ0v) is 57.0. The molecule has 0 nitrogen and oxygen atoms in total. The maximum atomic E-state index is 12.5. The van der Waals surface area contributed by atoms with E-state index >= 15 is 0 Å². The Balaban J connectivity index is 0.000000429. The van der Waals surface area contributed by atoms with Gasteiger partial charge in [-0.3, -0.25) is 0 Å². The van der Waals surface area contributed by atoms with Gasteiger partial charge < -0.3 is 0 Å². The van der Waals surface area contributed by atoms with Crippen molar-refractivity contribution in [2.24, 2.45) is 0 Å². The molecule has 0 atom stereocenters. The molecule has 0 bridgehead atoms. The number of thiophene rings is 5. The van der Waals surface area contributed by atoms with Gasteiger partial charge in [-0.15, -0.1) is 56.7 Å². The molecule has 0 radical (unpaired) electrons. The molecular weight excluding hydrogens is 1190 g/mol. The Bertz CT molecular complexity index is 2420. The molecule has 0 saturated heterocycles. The second-order valence-electron chi connectivity index (χ2n) is 20.7. The summed E-state index contributed by atoms with van der Waals surface area (Å²) in [5.41, 5.74) is 6.57. The van der Waals surface area contributed by atoms with Crippen LogP contribution in [-0.2, 0) is 0 Å². The fourth-order valence-corrected chi connectivity index (χ4v) is 12.2. The summed E-state index contributed by atoms with van der Waals surface area (Å²) in [5.74, 6) is 4.83. The Morgan fingerprint density at radius 2 is 0.893 bits per heavy atom. The van der Waals surface area contributed by atoms with Crippen molar-refractivity contribution in [3.63, 3.8) is 0 Å². The highest BCUT2D eigenvalue weighted by atomic mass is 79.9. The first-order valence-corrected chi connectivity index (χ1v) is 32.6. The SMILES string of the molecule is CC(C)c1cc(Br)cs1.CC(C)c1ccc(Cl)s1.CC(C)c1cccc(Br)c1.CC(C)c1cccc(Cl)c1.CC(C)c1cccc(F)c1.Cc1ccc(C(C)C)s1.Cc1ccsc1C(C)C.Cc1csc(C(C)C)c1. The highest BCUT2D eigenvalue weighted by Gasteiger charge is 2.05. The quantitative estimate of drug-likeness (QED) is 0.142. The van der Waals surface area contributed by atoms with Crippen LogP contribution in [0.3, 0.4) is 0 Å². The number of benzene rings is 3. The van der Waals surface area contributed by atoms with E-state index in [0.29, 0.717) is 47.3 Å². The van der Waals surface area contributed by atoms with Crippen LogP contribution in [0.2, 0.25) is 9.36 Å². The lowest BCUT2D eigenvalue weighted by molar-refractivity contribution is 0.623. The minimum absolute atomic E-state index is 0.147. The average Bonchev–Trinajstić information content (AvgIpc) is 4.21. The summed E-state index contributed by atoms with van der Waals surface area (Å²) < 4.78 is 15.8. The number of aryl methyl sites for hydroxylation is 3. The predicted molar refractivity (Wildman–Crippen MR) is 353 cm³/mol. The molecule has 0 amide bonds. The summed E-state index contributed by atoms with van der Waals surface area (Å²) in [7, 11) is 0. The Hall–Kier alpha value is -2.37. The monoisotopic (exact) mass is 1270 g/mol. The second-order valence-corrected chi connectivity index (χ2v) is 28.8. The van der Waals surface area contributed by atoms with E-state index in [1.165, 1.54) is 66.5 Å². The van der Waals surface area contributed by atoms with Crippen LogP contribution in [0.25, 0.3) is 0 Å². The third-order valence-electron chi connectivity index (χ3n) is 10.9. The van der Waals surface area contributed by atoms with Crippen LogP contribution in [0.15, 0.2) is 140 Å². The van der Waals surface area contributed by atoms with E-state index in [1.54, 1.807) is 23.5 Å². The molecule has 10 heteroatoms. The fraction of sp³-hybridized carbons (Fsp3) is 0.415. The predicted octanol–water partition coefficient (Wildman–Crippen LogP) is 26.7. The highest BCUT2D eigenvalue weighted by Crippen LogP contribution is 2.29. The maximum absolute atomic E-state index is 12.5. The van der Waals surface area contributed by atoms with Crippen molar-refractivity contribution < 1.29 is 4.39 Å². The molecule has 5 heterocycles. The molecule has 0 saturated carbocycles. The molecule has 0 spiro atoms. The van der Waals surface area contributed by atoms with Crippen LogP contribution >= 0.6 is 112 Å². The maximum Gasteiger partial charge on any atom is 0.123 e. The van der Waals surface area contributed by atoms with Gasteiger partial charge in [0.25, 0.3) is 0 Å². The van der Waals surface area contributed by atoms with Crippen molar-refractivity contribution in [2.75, 3.05) is 0 Å². The molecule has 0 aliphatic carbocycles. The van der Waals surface area contributed by atoms with Crippen LogP contribution in [0, 0.1) is 26.6 Å². The third-order valence-corrected chi connectivity index (χ3v) is 19.2. The molecule has 3 aromatic carbocycles. The molecule has 0 aliphatic rings. The van der Waals surface area contributed by atoms with Gasteiger partial charge in [-0.1, -0.05) is 186 Å². The number of rotatable bonds is 8. The molecule has 8 aromatic rings. The van der Waals surface area contributed by atoms with Gasteiger partial charge in [0.15, 0.2) is 0 Å². The zero-order valence-electron chi connectivity index (χ0n) is 48.3. The van der Waals surface area contributed by atoms with Gasteiger partial charge in [-0.2, -0.15) is 0 Å². The Labute approximate surface area is 502 Å². The highest BCUT2D eigenvalue weighted by molar-refractivity contribution is 9.10. The normalized spacial score (nSPS) is 10.6. The van der Waals surface area contributed by atoms with Gasteiger partial charge in [0.2, 0.25) is 0 Å². The van der Waals surface area contributed by atoms with Crippen LogP contribution < -0.4 is 0 Å². The van der Waals surface area contributed by atoms with Gasteiger partial charge in [0.1, 0.15) is 5.82 Å². The summed E-state index contributed by atoms with van der Waals surface area (Å²) in [6, 6.07) is 38.2. The lowest BCUT2D eigenvalue weighted by atomic mass is 10.0. The number of hydrogen-bond donors (Lipinski definition) is 0. The first-order chi connectivity index (χ1) is 35.1. The van der Waals surface area contributed by atoms with Crippen molar-refractivity contribution in [3.8, 4) is 0 Å². The lowest BCUT2D eigenvalue weighted by Crippen LogP contribution is -1.86. The molecule has 8 rings (SSSR count). The minimum atomic E-state index is -0.147. The van der Waals surface area contributed by atoms with E-state index in [4.69, 9.17) is 23.2 Å². The summed E-state index contributed by atoms with van der Waals surface area (Å²) >= 11 is 27.4. The molecule has 412 valence electrons. The van der Waals surface area contributed by atoms with E-state index in [0.717, 1.165) is 14.9 Å². The molecule has 5 aromatic heterocycles. The summed E-state index contributed by atoms with van der Waals surface area (Å²) in [6.07, 6.45) is 0. The summed E-state index contributed by atoms with van der Waals surface area (Å²) in [6.45, 7) is 41.4. The first kappa shape index (κ1) is 70.6. The van der Waals surface area contributed by atoms with Crippen LogP contribution in [0.4, 0.5) is 4.39 Å². The molecule has 0 N–H and O–H groups in total. The standard InChI is InChI=1S/C9H11Br.C9H11Cl.C9H11F.3C8H12S.C7H9BrS.C7H9ClS/c3*1-7(2)8-4-3-5-9(10)6-8;1-6(2)8-4-7(3)5-9-8;1-6(2)8-7(3)4-5-9-8;1-6(2)8-5-4-7(3)9-8;1-5(2)7-3-6(8)4-9-7;1-5(2)6-3-4-7(8)9-6/h3*3-7H,1-2H3;3*4-6H,1-3H3;2*3-5H,1-2H3. The van der Waals surface area contributed by atoms with Gasteiger partial charge in [0, 0.05) is 48.6 Å². The Kier molecular flexibility index (Phi) is 36.0. The summed E-state index contributed by atoms with van der Waals surface area (Å²) in [4.78, 5) is 8.73. The second kappa shape index (κ2) is 38.3. The number of hydrogen-bond acceptors (Lipinski definition) is 5. The molecule has 0 fully saturated rings. The van der Waals surface area contributed by atoms with E-state index < -0.39 is 0 Å². The van der Waals surface area contributed by atoms with Crippen molar-refractivity contribution in [1.82, 2.24) is 0 Å². The Morgan fingerprint density at radius 3 is 1.16 bits per heavy atom. The Morgan fingerprint density at radius 1 is 0.413 bits per heavy atom. The smallest absolute Gasteiger partial charge is 0.123 e. The minimum Gasteiger partial charge on any atom is -0.207 e. The van der Waals surface area contributed by atoms with Gasteiger partial charge >= 0.3 is 0 Å². The third kappa shape index (κ3) is 31.1. The van der Waals surface area contributed by atoms with Crippen molar-refractivity contribution in [3.05, 3.63) is 213 Å². The summed E-state index contributed by atoms with van der Waals surface area (Å²) in [5, 5.41) is 7.31. The van der Waals surface area contributed by atoms with Crippen LogP contribution in [0.5, 0.6) is 0 Å². The van der Waals surface area contributed by atoms with E-state index in [-0.39, 0.29) is 5.82 Å². The van der Waals surface area contributed by atoms with E-state index in [2.05, 4.69) is 240 Å². The van der Waals surface area contributed by atoms with Gasteiger partial charge in [-0.05, 0) is 201 Å². The molecular formula is C65H87Br2Cl2FS5. The van der Waals surface area contributed by atoms with Gasteiger partial charge in [-0.25, -0.2) is 4.39 Å². The lowest BCUT2D eigenvalue weighted by Gasteiger charge is -2.03. The molecule has 75 heavy (non-hydrogen) atoms. The topological polar surface area (TPSA) is 0 Å². The van der Waals surface area contributed by atoms with E-state index in [9.17, 15) is 4.39 Å². The van der Waals surface area contributed by atoms with Gasteiger partial charge in [0.05, 0.1) is 4.34 Å². The largest absolute Gasteiger partial charge is 0.207 e. The number of halogens is 5. The fourth-order valence-electron chi connectivity index (χ4n) is 6.36. The molecule has 0 unspecified atom stereocenters. The average molecular weight is 1280 g/mol. The van der Waals surface area contributed by atoms with Crippen molar-refractivity contribution in [1.29, 1.82) is 0 Å². The molecule has 0 aliphatic heterocycles.